The van der Waals surface area contributed by atoms with E-state index < -0.39 is 0 Å². The van der Waals surface area contributed by atoms with E-state index >= 15 is 0 Å². The largest absolute Gasteiger partial charge is 0.316 e. The fourth-order valence-electron chi connectivity index (χ4n) is 2.44. The molecule has 0 aliphatic heterocycles. The molecule has 0 saturated carbocycles. The van der Waals surface area contributed by atoms with Crippen molar-refractivity contribution in [3.05, 3.63) is 58.7 Å². The van der Waals surface area contributed by atoms with Gasteiger partial charge in [-0.1, -0.05) is 42.0 Å². The van der Waals surface area contributed by atoms with Crippen LogP contribution >= 0.6 is 12.4 Å². The van der Waals surface area contributed by atoms with Crippen LogP contribution in [0.25, 0.3) is 11.1 Å². The Labute approximate surface area is 122 Å². The number of rotatable bonds is 3. The van der Waals surface area contributed by atoms with Crippen LogP contribution in [0.1, 0.15) is 22.3 Å². The maximum Gasteiger partial charge on any atom is 0.0207 e. The zero-order valence-corrected chi connectivity index (χ0v) is 12.9. The van der Waals surface area contributed by atoms with E-state index in [4.69, 9.17) is 0 Å². The van der Waals surface area contributed by atoms with Gasteiger partial charge in [0.15, 0.2) is 0 Å². The lowest BCUT2D eigenvalue weighted by Gasteiger charge is -2.13. The Balaban J connectivity index is 0.00000180. The van der Waals surface area contributed by atoms with Gasteiger partial charge in [-0.25, -0.2) is 0 Å². The topological polar surface area (TPSA) is 12.0 Å². The SMILES string of the molecule is CNCc1c(C)cc(-c2cccc(C)c2)cc1C.Cl. The van der Waals surface area contributed by atoms with Crippen LogP contribution in [0.3, 0.4) is 0 Å². The van der Waals surface area contributed by atoms with Crippen molar-refractivity contribution in [2.24, 2.45) is 0 Å². The van der Waals surface area contributed by atoms with E-state index in [1.54, 1.807) is 0 Å². The summed E-state index contributed by atoms with van der Waals surface area (Å²) in [5, 5.41) is 3.23. The molecule has 0 bridgehead atoms. The maximum absolute atomic E-state index is 3.23. The van der Waals surface area contributed by atoms with Gasteiger partial charge >= 0.3 is 0 Å². The van der Waals surface area contributed by atoms with Crippen molar-refractivity contribution in [1.29, 1.82) is 0 Å². The molecule has 19 heavy (non-hydrogen) atoms. The minimum absolute atomic E-state index is 0. The van der Waals surface area contributed by atoms with E-state index in [1.165, 1.54) is 33.4 Å². The van der Waals surface area contributed by atoms with Gasteiger partial charge in [-0.2, -0.15) is 0 Å². The summed E-state index contributed by atoms with van der Waals surface area (Å²) >= 11 is 0. The Morgan fingerprint density at radius 3 is 2.05 bits per heavy atom. The highest BCUT2D eigenvalue weighted by molar-refractivity contribution is 5.85. The van der Waals surface area contributed by atoms with Gasteiger partial charge in [-0.15, -0.1) is 12.4 Å². The third-order valence-electron chi connectivity index (χ3n) is 3.40. The predicted molar refractivity (Wildman–Crippen MR) is 86.1 cm³/mol. The second-order valence-corrected chi connectivity index (χ2v) is 4.99. The standard InChI is InChI=1S/C17H21N.ClH/c1-12-6-5-7-15(8-12)16-9-13(2)17(11-18-4)14(3)10-16;/h5-10,18H,11H2,1-4H3;1H. The molecule has 0 heterocycles. The van der Waals surface area contributed by atoms with Crippen molar-refractivity contribution in [3.8, 4) is 11.1 Å². The van der Waals surface area contributed by atoms with Crippen LogP contribution in [0, 0.1) is 20.8 Å². The number of halogens is 1. The first-order chi connectivity index (χ1) is 8.61. The van der Waals surface area contributed by atoms with Crippen LogP contribution < -0.4 is 5.32 Å². The number of aryl methyl sites for hydroxylation is 3. The summed E-state index contributed by atoms with van der Waals surface area (Å²) in [6.07, 6.45) is 0. The minimum Gasteiger partial charge on any atom is -0.316 e. The first kappa shape index (κ1) is 15.7. The lowest BCUT2D eigenvalue weighted by atomic mass is 9.95. The predicted octanol–water partition coefficient (Wildman–Crippen LogP) is 4.42. The molecule has 0 spiro atoms. The van der Waals surface area contributed by atoms with Crippen LogP contribution in [0.5, 0.6) is 0 Å². The van der Waals surface area contributed by atoms with Crippen molar-refractivity contribution in [3.63, 3.8) is 0 Å². The Morgan fingerprint density at radius 1 is 0.895 bits per heavy atom. The normalized spacial score (nSPS) is 10.1. The highest BCUT2D eigenvalue weighted by atomic mass is 35.5. The highest BCUT2D eigenvalue weighted by Crippen LogP contribution is 2.25. The first-order valence-corrected chi connectivity index (χ1v) is 6.43. The Morgan fingerprint density at radius 2 is 1.53 bits per heavy atom. The van der Waals surface area contributed by atoms with E-state index in [9.17, 15) is 0 Å². The van der Waals surface area contributed by atoms with Gasteiger partial charge in [0.1, 0.15) is 0 Å². The molecular weight excluding hydrogens is 254 g/mol. The third-order valence-corrected chi connectivity index (χ3v) is 3.40. The van der Waals surface area contributed by atoms with E-state index in [2.05, 4.69) is 62.5 Å². The zero-order valence-electron chi connectivity index (χ0n) is 12.1. The maximum atomic E-state index is 3.23. The average molecular weight is 276 g/mol. The van der Waals surface area contributed by atoms with E-state index in [0.29, 0.717) is 0 Å². The molecule has 0 fully saturated rings. The van der Waals surface area contributed by atoms with Crippen LogP contribution in [-0.4, -0.2) is 7.05 Å². The molecule has 2 heteroatoms. The van der Waals surface area contributed by atoms with Crippen molar-refractivity contribution in [1.82, 2.24) is 5.32 Å². The minimum atomic E-state index is 0. The van der Waals surface area contributed by atoms with Crippen LogP contribution in [0.2, 0.25) is 0 Å². The number of hydrogen-bond acceptors (Lipinski definition) is 1. The van der Waals surface area contributed by atoms with Crippen LogP contribution in [-0.2, 0) is 6.54 Å². The molecule has 0 aromatic heterocycles. The summed E-state index contributed by atoms with van der Waals surface area (Å²) in [5.74, 6) is 0. The molecule has 0 unspecified atom stereocenters. The summed E-state index contributed by atoms with van der Waals surface area (Å²) in [5.41, 5.74) is 8.06. The van der Waals surface area contributed by atoms with Gasteiger partial charge in [0, 0.05) is 6.54 Å². The third kappa shape index (κ3) is 3.59. The number of hydrogen-bond donors (Lipinski definition) is 1. The number of nitrogens with one attached hydrogen (secondary N) is 1. The lowest BCUT2D eigenvalue weighted by Crippen LogP contribution is -2.08. The van der Waals surface area contributed by atoms with Crippen LogP contribution in [0.4, 0.5) is 0 Å². The second kappa shape index (κ2) is 6.74. The Hall–Kier alpha value is -1.31. The summed E-state index contributed by atoms with van der Waals surface area (Å²) in [4.78, 5) is 0. The quantitative estimate of drug-likeness (QED) is 0.874. The molecular formula is C17H22ClN. The molecule has 1 N–H and O–H groups in total. The second-order valence-electron chi connectivity index (χ2n) is 4.99. The zero-order chi connectivity index (χ0) is 13.1. The van der Waals surface area contributed by atoms with Crippen LogP contribution in [0.15, 0.2) is 36.4 Å². The van der Waals surface area contributed by atoms with Gasteiger partial charge in [0.2, 0.25) is 0 Å². The number of benzene rings is 2. The molecule has 0 radical (unpaired) electrons. The van der Waals surface area contributed by atoms with Gasteiger partial charge in [0.05, 0.1) is 0 Å². The summed E-state index contributed by atoms with van der Waals surface area (Å²) in [7, 11) is 1.99. The van der Waals surface area contributed by atoms with E-state index in [1.807, 2.05) is 7.05 Å². The van der Waals surface area contributed by atoms with Gasteiger partial charge in [0.25, 0.3) is 0 Å². The lowest BCUT2D eigenvalue weighted by molar-refractivity contribution is 0.806. The van der Waals surface area contributed by atoms with Gasteiger partial charge < -0.3 is 5.32 Å². The fraction of sp³-hybridized carbons (Fsp3) is 0.294. The highest BCUT2D eigenvalue weighted by Gasteiger charge is 2.06. The summed E-state index contributed by atoms with van der Waals surface area (Å²) < 4.78 is 0. The van der Waals surface area contributed by atoms with E-state index in [0.717, 1.165) is 6.54 Å². The molecule has 0 atom stereocenters. The summed E-state index contributed by atoms with van der Waals surface area (Å²) in [6.45, 7) is 7.46. The monoisotopic (exact) mass is 275 g/mol. The van der Waals surface area contributed by atoms with Crippen molar-refractivity contribution in [2.75, 3.05) is 7.05 Å². The fourth-order valence-corrected chi connectivity index (χ4v) is 2.44. The molecule has 102 valence electrons. The van der Waals surface area contributed by atoms with Gasteiger partial charge in [-0.3, -0.25) is 0 Å². The molecule has 0 aliphatic carbocycles. The Kier molecular flexibility index (Phi) is 5.59. The average Bonchev–Trinajstić information content (AvgIpc) is 2.33. The molecule has 2 rings (SSSR count). The van der Waals surface area contributed by atoms with Crippen molar-refractivity contribution in [2.45, 2.75) is 27.3 Å². The molecule has 2 aromatic rings. The molecule has 1 nitrogen and oxygen atoms in total. The molecule has 0 amide bonds. The molecule has 0 saturated heterocycles. The smallest absolute Gasteiger partial charge is 0.0207 e. The molecule has 2 aromatic carbocycles. The van der Waals surface area contributed by atoms with E-state index in [-0.39, 0.29) is 12.4 Å². The molecule has 0 aliphatic rings. The van der Waals surface area contributed by atoms with Gasteiger partial charge in [-0.05, 0) is 55.6 Å². The van der Waals surface area contributed by atoms with Crippen molar-refractivity contribution < 1.29 is 0 Å². The summed E-state index contributed by atoms with van der Waals surface area (Å²) in [6, 6.07) is 13.3. The van der Waals surface area contributed by atoms with Crippen molar-refractivity contribution >= 4 is 12.4 Å². The Bertz CT molecular complexity index is 538. The first-order valence-electron chi connectivity index (χ1n) is 6.43.